The third kappa shape index (κ3) is 2.97. The van der Waals surface area contributed by atoms with E-state index >= 15 is 0 Å². The molecule has 5 nitrogen and oxygen atoms in total. The summed E-state index contributed by atoms with van der Waals surface area (Å²) in [6, 6.07) is 5.68. The molecule has 3 N–H and O–H groups in total. The Labute approximate surface area is 122 Å². The first-order valence-corrected chi connectivity index (χ1v) is 6.29. The van der Waals surface area contributed by atoms with Crippen molar-refractivity contribution in [3.8, 4) is 11.5 Å². The summed E-state index contributed by atoms with van der Waals surface area (Å²) in [4.78, 5) is 15.8. The fourth-order valence-corrected chi connectivity index (χ4v) is 1.90. The number of hydrogen-bond acceptors (Lipinski definition) is 4. The van der Waals surface area contributed by atoms with Crippen LogP contribution in [0.2, 0.25) is 5.15 Å². The van der Waals surface area contributed by atoms with Crippen LogP contribution in [-0.4, -0.2) is 21.1 Å². The zero-order valence-corrected chi connectivity index (χ0v) is 11.7. The molecule has 1 aromatic carbocycles. The average molecular weight is 344 g/mol. The van der Waals surface area contributed by atoms with E-state index in [1.54, 1.807) is 6.07 Å². The van der Waals surface area contributed by atoms with E-state index in [2.05, 4.69) is 26.2 Å². The van der Waals surface area contributed by atoms with Crippen LogP contribution in [0.4, 0.5) is 5.69 Å². The van der Waals surface area contributed by atoms with Crippen molar-refractivity contribution in [2.45, 2.75) is 0 Å². The van der Waals surface area contributed by atoms with Crippen LogP contribution in [0, 0.1) is 0 Å². The van der Waals surface area contributed by atoms with Crippen LogP contribution >= 0.6 is 27.5 Å². The van der Waals surface area contributed by atoms with Crippen molar-refractivity contribution >= 4 is 39.1 Å². The lowest BCUT2D eigenvalue weighted by molar-refractivity contribution is 0.102. The van der Waals surface area contributed by atoms with Crippen molar-refractivity contribution in [2.75, 3.05) is 5.32 Å². The van der Waals surface area contributed by atoms with Gasteiger partial charge in [0.1, 0.15) is 0 Å². The lowest BCUT2D eigenvalue weighted by Crippen LogP contribution is -2.12. The van der Waals surface area contributed by atoms with E-state index in [1.807, 2.05) is 0 Å². The van der Waals surface area contributed by atoms with E-state index in [0.29, 0.717) is 10.2 Å². The molecular formula is C12H8BrClN2O3. The van der Waals surface area contributed by atoms with E-state index in [0.717, 1.165) is 0 Å². The fraction of sp³-hybridized carbons (Fsp3) is 0. The van der Waals surface area contributed by atoms with Crippen molar-refractivity contribution in [1.29, 1.82) is 0 Å². The molecule has 0 aliphatic heterocycles. The van der Waals surface area contributed by atoms with Gasteiger partial charge in [0.25, 0.3) is 5.91 Å². The molecule has 0 unspecified atom stereocenters. The lowest BCUT2D eigenvalue weighted by Gasteiger charge is -2.08. The minimum Gasteiger partial charge on any atom is -0.504 e. The summed E-state index contributed by atoms with van der Waals surface area (Å²) in [7, 11) is 0. The summed E-state index contributed by atoms with van der Waals surface area (Å²) in [5.41, 5.74) is 0.236. The van der Waals surface area contributed by atoms with Crippen LogP contribution in [0.15, 0.2) is 34.9 Å². The monoisotopic (exact) mass is 342 g/mol. The Morgan fingerprint density at radius 3 is 2.84 bits per heavy atom. The molecule has 98 valence electrons. The van der Waals surface area contributed by atoms with Crippen LogP contribution in [0.25, 0.3) is 0 Å². The maximum absolute atomic E-state index is 12.0. The smallest absolute Gasteiger partial charge is 0.259 e. The van der Waals surface area contributed by atoms with E-state index in [9.17, 15) is 15.0 Å². The number of phenols is 2. The topological polar surface area (TPSA) is 82.5 Å². The van der Waals surface area contributed by atoms with Gasteiger partial charge >= 0.3 is 0 Å². The van der Waals surface area contributed by atoms with Gasteiger partial charge in [-0.2, -0.15) is 0 Å². The van der Waals surface area contributed by atoms with Crippen LogP contribution in [-0.2, 0) is 0 Å². The predicted octanol–water partition coefficient (Wildman–Crippen LogP) is 3.16. The van der Waals surface area contributed by atoms with Gasteiger partial charge in [-0.25, -0.2) is 4.98 Å². The number of rotatable bonds is 2. The maximum atomic E-state index is 12.0. The first-order valence-electron chi connectivity index (χ1n) is 5.12. The standard InChI is InChI=1S/C12H8BrClN2O3/c13-6-4-8(11(14)15-5-6)16-12(19)7-2-1-3-9(17)10(7)18/h1-5,17-18H,(H,16,19). The van der Waals surface area contributed by atoms with Crippen molar-refractivity contribution in [3.05, 3.63) is 45.7 Å². The number of nitrogens with one attached hydrogen (secondary N) is 1. The Bertz CT molecular complexity index is 649. The first kappa shape index (κ1) is 13.6. The summed E-state index contributed by atoms with van der Waals surface area (Å²) >= 11 is 9.05. The van der Waals surface area contributed by atoms with Crippen molar-refractivity contribution in [2.24, 2.45) is 0 Å². The Kier molecular flexibility index (Phi) is 3.92. The predicted molar refractivity (Wildman–Crippen MR) is 74.7 cm³/mol. The number of benzene rings is 1. The number of phenolic OH excluding ortho intramolecular Hbond substituents is 2. The van der Waals surface area contributed by atoms with Crippen LogP contribution in [0.1, 0.15) is 10.4 Å². The van der Waals surface area contributed by atoms with Crippen molar-refractivity contribution in [3.63, 3.8) is 0 Å². The number of para-hydroxylation sites is 1. The highest BCUT2D eigenvalue weighted by atomic mass is 79.9. The second kappa shape index (κ2) is 5.46. The van der Waals surface area contributed by atoms with Gasteiger partial charge in [0.2, 0.25) is 0 Å². The van der Waals surface area contributed by atoms with E-state index in [1.165, 1.54) is 24.4 Å². The molecule has 19 heavy (non-hydrogen) atoms. The zero-order valence-electron chi connectivity index (χ0n) is 9.39. The number of carbonyl (C=O) groups excluding carboxylic acids is 1. The molecular weight excluding hydrogens is 336 g/mol. The zero-order chi connectivity index (χ0) is 14.0. The Hall–Kier alpha value is -1.79. The summed E-state index contributed by atoms with van der Waals surface area (Å²) in [6.45, 7) is 0. The highest BCUT2D eigenvalue weighted by molar-refractivity contribution is 9.10. The highest BCUT2D eigenvalue weighted by Gasteiger charge is 2.15. The van der Waals surface area contributed by atoms with Gasteiger partial charge in [0.15, 0.2) is 16.7 Å². The first-order chi connectivity index (χ1) is 8.99. The number of amides is 1. The average Bonchev–Trinajstić information content (AvgIpc) is 2.37. The van der Waals surface area contributed by atoms with Gasteiger partial charge in [-0.05, 0) is 34.1 Å². The van der Waals surface area contributed by atoms with Crippen molar-refractivity contribution in [1.82, 2.24) is 4.98 Å². The fourth-order valence-electron chi connectivity index (χ4n) is 1.41. The SMILES string of the molecule is O=C(Nc1cc(Br)cnc1Cl)c1cccc(O)c1O. The summed E-state index contributed by atoms with van der Waals surface area (Å²) in [5, 5.41) is 21.6. The van der Waals surface area contributed by atoms with Gasteiger partial charge in [-0.3, -0.25) is 4.79 Å². The maximum Gasteiger partial charge on any atom is 0.259 e. The van der Waals surface area contributed by atoms with Crippen molar-refractivity contribution < 1.29 is 15.0 Å². The Balaban J connectivity index is 2.31. The normalized spacial score (nSPS) is 10.2. The number of pyridine rings is 1. The van der Waals surface area contributed by atoms with Gasteiger partial charge < -0.3 is 15.5 Å². The van der Waals surface area contributed by atoms with Gasteiger partial charge in [-0.1, -0.05) is 17.7 Å². The van der Waals surface area contributed by atoms with Gasteiger partial charge in [0, 0.05) is 10.7 Å². The van der Waals surface area contributed by atoms with E-state index in [-0.39, 0.29) is 16.5 Å². The molecule has 0 saturated carbocycles. The Morgan fingerprint density at radius 1 is 1.37 bits per heavy atom. The van der Waals surface area contributed by atoms with Crippen LogP contribution in [0.5, 0.6) is 11.5 Å². The third-order valence-corrected chi connectivity index (χ3v) is 3.05. The molecule has 1 heterocycles. The van der Waals surface area contributed by atoms with Crippen LogP contribution in [0.3, 0.4) is 0 Å². The molecule has 0 aliphatic carbocycles. The highest BCUT2D eigenvalue weighted by Crippen LogP contribution is 2.30. The molecule has 2 rings (SSSR count). The number of aromatic nitrogens is 1. The molecule has 0 saturated heterocycles. The van der Waals surface area contributed by atoms with E-state index in [4.69, 9.17) is 11.6 Å². The number of carbonyl (C=O) groups is 1. The molecule has 1 aromatic heterocycles. The van der Waals surface area contributed by atoms with Crippen LogP contribution < -0.4 is 5.32 Å². The van der Waals surface area contributed by atoms with Gasteiger partial charge in [-0.15, -0.1) is 0 Å². The summed E-state index contributed by atoms with van der Waals surface area (Å²) < 4.78 is 0.646. The third-order valence-electron chi connectivity index (χ3n) is 2.31. The molecule has 1 amide bonds. The number of halogens is 2. The molecule has 0 spiro atoms. The van der Waals surface area contributed by atoms with Gasteiger partial charge in [0.05, 0.1) is 11.3 Å². The number of anilines is 1. The molecule has 0 radical (unpaired) electrons. The number of nitrogens with zero attached hydrogens (tertiary/aromatic N) is 1. The molecule has 7 heteroatoms. The molecule has 0 bridgehead atoms. The Morgan fingerprint density at radius 2 is 2.11 bits per heavy atom. The quantitative estimate of drug-likeness (QED) is 0.578. The second-order valence-electron chi connectivity index (χ2n) is 3.62. The minimum absolute atomic E-state index is 0.0592. The number of aromatic hydroxyl groups is 2. The second-order valence-corrected chi connectivity index (χ2v) is 4.89. The molecule has 0 fully saturated rings. The number of hydrogen-bond donors (Lipinski definition) is 3. The molecule has 2 aromatic rings. The summed E-state index contributed by atoms with van der Waals surface area (Å²) in [6.07, 6.45) is 1.49. The largest absolute Gasteiger partial charge is 0.504 e. The minimum atomic E-state index is -0.602. The molecule has 0 atom stereocenters. The van der Waals surface area contributed by atoms with E-state index < -0.39 is 11.7 Å². The molecule has 0 aliphatic rings. The summed E-state index contributed by atoms with van der Waals surface area (Å²) in [5.74, 6) is -1.46. The lowest BCUT2D eigenvalue weighted by atomic mass is 10.1.